The molecule has 1 N–H and O–H groups in total. The minimum atomic E-state index is -0.493. The van der Waals surface area contributed by atoms with Crippen molar-refractivity contribution in [1.82, 2.24) is 4.98 Å². The van der Waals surface area contributed by atoms with Gasteiger partial charge in [0, 0.05) is 24.3 Å². The van der Waals surface area contributed by atoms with E-state index >= 15 is 0 Å². The number of pyridine rings is 1. The predicted molar refractivity (Wildman–Crippen MR) is 108 cm³/mol. The van der Waals surface area contributed by atoms with Gasteiger partial charge >= 0.3 is 5.97 Å². The summed E-state index contributed by atoms with van der Waals surface area (Å²) in [4.78, 5) is 40.8. The average molecular weight is 393 g/mol. The highest BCUT2D eigenvalue weighted by molar-refractivity contribution is 5.96. The highest BCUT2D eigenvalue weighted by Crippen LogP contribution is 2.26. The molecule has 150 valence electrons. The van der Waals surface area contributed by atoms with Gasteiger partial charge in [0.05, 0.1) is 0 Å². The van der Waals surface area contributed by atoms with Gasteiger partial charge in [-0.1, -0.05) is 18.2 Å². The van der Waals surface area contributed by atoms with Gasteiger partial charge in [-0.3, -0.25) is 14.4 Å². The molecular formula is C22H23N3O4. The second-order valence-corrected chi connectivity index (χ2v) is 7.11. The number of aromatic amines is 1. The van der Waals surface area contributed by atoms with Crippen molar-refractivity contribution < 1.29 is 14.3 Å². The number of para-hydroxylation sites is 1. The van der Waals surface area contributed by atoms with Crippen LogP contribution in [-0.4, -0.2) is 30.0 Å². The van der Waals surface area contributed by atoms with Crippen LogP contribution in [0, 0.1) is 25.2 Å². The summed E-state index contributed by atoms with van der Waals surface area (Å²) in [5, 5.41) is 9.13. The van der Waals surface area contributed by atoms with Crippen molar-refractivity contribution in [3.63, 3.8) is 0 Å². The number of aryl methyl sites for hydroxylation is 2. The normalized spacial score (nSPS) is 12.8. The SMILES string of the molecule is Cc1[nH]c(=O)c(C#N)c(C)c1CCC(=O)OCC(=O)N1CCCc2ccccc21. The van der Waals surface area contributed by atoms with E-state index in [1.54, 1.807) is 18.7 Å². The fraction of sp³-hybridized carbons (Fsp3) is 0.364. The van der Waals surface area contributed by atoms with Crippen LogP contribution in [0.4, 0.5) is 5.69 Å². The van der Waals surface area contributed by atoms with Gasteiger partial charge < -0.3 is 14.6 Å². The van der Waals surface area contributed by atoms with Crippen molar-refractivity contribution in [1.29, 1.82) is 5.26 Å². The Balaban J connectivity index is 1.59. The number of rotatable bonds is 5. The number of benzene rings is 1. The Bertz CT molecular complexity index is 1050. The molecule has 29 heavy (non-hydrogen) atoms. The summed E-state index contributed by atoms with van der Waals surface area (Å²) in [5.41, 5.74) is 3.57. The first-order valence-electron chi connectivity index (χ1n) is 9.58. The summed E-state index contributed by atoms with van der Waals surface area (Å²) in [6.45, 7) is 3.73. The summed E-state index contributed by atoms with van der Waals surface area (Å²) in [6, 6.07) is 9.64. The maximum Gasteiger partial charge on any atom is 0.306 e. The topological polar surface area (TPSA) is 103 Å². The van der Waals surface area contributed by atoms with Gasteiger partial charge in [-0.15, -0.1) is 0 Å². The van der Waals surface area contributed by atoms with Gasteiger partial charge in [-0.05, 0) is 55.9 Å². The molecule has 7 heteroatoms. The van der Waals surface area contributed by atoms with Crippen LogP contribution in [0.3, 0.4) is 0 Å². The number of fused-ring (bicyclic) bond motifs is 1. The van der Waals surface area contributed by atoms with Crippen LogP contribution in [0.25, 0.3) is 0 Å². The molecular weight excluding hydrogens is 370 g/mol. The lowest BCUT2D eigenvalue weighted by molar-refractivity contribution is -0.147. The minimum absolute atomic E-state index is 0.0536. The average Bonchev–Trinajstić information content (AvgIpc) is 2.71. The number of nitriles is 1. The number of aromatic nitrogens is 1. The van der Waals surface area contributed by atoms with Crippen molar-refractivity contribution in [2.24, 2.45) is 0 Å². The van der Waals surface area contributed by atoms with Crippen LogP contribution in [-0.2, 0) is 27.2 Å². The third-order valence-corrected chi connectivity index (χ3v) is 5.27. The highest BCUT2D eigenvalue weighted by Gasteiger charge is 2.23. The number of esters is 1. The van der Waals surface area contributed by atoms with E-state index in [2.05, 4.69) is 4.98 Å². The van der Waals surface area contributed by atoms with Crippen molar-refractivity contribution in [3.8, 4) is 6.07 Å². The lowest BCUT2D eigenvalue weighted by Crippen LogP contribution is -2.38. The van der Waals surface area contributed by atoms with Gasteiger partial charge in [0.25, 0.3) is 11.5 Å². The number of nitrogens with zero attached hydrogens (tertiary/aromatic N) is 2. The Morgan fingerprint density at radius 3 is 2.79 bits per heavy atom. The quantitative estimate of drug-likeness (QED) is 0.785. The highest BCUT2D eigenvalue weighted by atomic mass is 16.5. The number of nitrogens with one attached hydrogen (secondary N) is 1. The molecule has 2 aromatic rings. The summed E-state index contributed by atoms with van der Waals surface area (Å²) in [7, 11) is 0. The molecule has 1 amide bonds. The number of carbonyl (C=O) groups is 2. The number of anilines is 1. The Kier molecular flexibility index (Phi) is 6.13. The number of hydrogen-bond donors (Lipinski definition) is 1. The molecule has 3 rings (SSSR count). The maximum absolute atomic E-state index is 12.5. The lowest BCUT2D eigenvalue weighted by atomic mass is 9.99. The van der Waals surface area contributed by atoms with E-state index in [9.17, 15) is 14.4 Å². The van der Waals surface area contributed by atoms with Crippen molar-refractivity contribution in [2.75, 3.05) is 18.1 Å². The number of ether oxygens (including phenoxy) is 1. The summed E-state index contributed by atoms with van der Waals surface area (Å²) >= 11 is 0. The smallest absolute Gasteiger partial charge is 0.306 e. The van der Waals surface area contributed by atoms with Gasteiger partial charge in [0.15, 0.2) is 6.61 Å². The van der Waals surface area contributed by atoms with Crippen molar-refractivity contribution >= 4 is 17.6 Å². The number of hydrogen-bond acceptors (Lipinski definition) is 5. The Morgan fingerprint density at radius 2 is 2.03 bits per heavy atom. The van der Waals surface area contributed by atoms with Gasteiger partial charge in [0.2, 0.25) is 0 Å². The first-order valence-corrected chi connectivity index (χ1v) is 9.58. The Labute approximate surface area is 168 Å². The summed E-state index contributed by atoms with van der Waals surface area (Å²) in [6.07, 6.45) is 2.19. The molecule has 0 spiro atoms. The second kappa shape index (κ2) is 8.74. The fourth-order valence-corrected chi connectivity index (χ4v) is 3.73. The van der Waals surface area contributed by atoms with Crippen molar-refractivity contribution in [2.45, 2.75) is 39.5 Å². The van der Waals surface area contributed by atoms with Gasteiger partial charge in [0.1, 0.15) is 11.6 Å². The number of H-pyrrole nitrogens is 1. The molecule has 1 aliphatic rings. The standard InChI is InChI=1S/C22H23N3O4/c1-14-17(15(2)24-22(28)18(14)12-23)9-10-21(27)29-13-20(26)25-11-5-7-16-6-3-4-8-19(16)25/h3-4,6,8H,5,7,9-11,13H2,1-2H3,(H,24,28). The summed E-state index contributed by atoms with van der Waals surface area (Å²) < 4.78 is 5.19. The molecule has 7 nitrogen and oxygen atoms in total. The third-order valence-electron chi connectivity index (χ3n) is 5.27. The zero-order valence-corrected chi connectivity index (χ0v) is 16.6. The predicted octanol–water partition coefficient (Wildman–Crippen LogP) is 2.32. The Hall–Kier alpha value is -3.40. The third kappa shape index (κ3) is 4.37. The first-order chi connectivity index (χ1) is 13.9. The van der Waals surface area contributed by atoms with Crippen molar-refractivity contribution in [3.05, 3.63) is 62.6 Å². The lowest BCUT2D eigenvalue weighted by Gasteiger charge is -2.29. The van der Waals surface area contributed by atoms with Gasteiger partial charge in [-0.2, -0.15) is 5.26 Å². The zero-order valence-electron chi connectivity index (χ0n) is 16.6. The van der Waals surface area contributed by atoms with Crippen LogP contribution in [0.15, 0.2) is 29.1 Å². The molecule has 1 aliphatic heterocycles. The molecule has 0 bridgehead atoms. The van der Waals surface area contributed by atoms with Crippen LogP contribution in [0.2, 0.25) is 0 Å². The Morgan fingerprint density at radius 1 is 1.28 bits per heavy atom. The van der Waals surface area contributed by atoms with E-state index in [4.69, 9.17) is 10.00 Å². The maximum atomic E-state index is 12.5. The monoisotopic (exact) mass is 393 g/mol. The van der Waals surface area contributed by atoms with Crippen LogP contribution >= 0.6 is 0 Å². The van der Waals surface area contributed by atoms with Crippen LogP contribution in [0.1, 0.15) is 40.8 Å². The number of carbonyl (C=O) groups excluding carboxylic acids is 2. The molecule has 0 fully saturated rings. The largest absolute Gasteiger partial charge is 0.456 e. The van der Waals surface area contributed by atoms with E-state index in [1.165, 1.54) is 0 Å². The van der Waals surface area contributed by atoms with E-state index in [1.807, 2.05) is 30.3 Å². The van der Waals surface area contributed by atoms with Gasteiger partial charge in [-0.25, -0.2) is 0 Å². The fourth-order valence-electron chi connectivity index (χ4n) is 3.73. The first kappa shape index (κ1) is 20.3. The molecule has 1 aromatic heterocycles. The molecule has 0 saturated heterocycles. The molecule has 0 unspecified atom stereocenters. The molecule has 1 aromatic carbocycles. The molecule has 0 saturated carbocycles. The van der Waals surface area contributed by atoms with E-state index in [-0.39, 0.29) is 24.5 Å². The zero-order chi connectivity index (χ0) is 21.0. The van der Waals surface area contributed by atoms with Crippen LogP contribution in [0.5, 0.6) is 0 Å². The molecule has 2 heterocycles. The van der Waals surface area contributed by atoms with E-state index < -0.39 is 11.5 Å². The molecule has 0 aliphatic carbocycles. The molecule has 0 radical (unpaired) electrons. The molecule has 0 atom stereocenters. The van der Waals surface area contributed by atoms with E-state index in [0.717, 1.165) is 29.7 Å². The minimum Gasteiger partial charge on any atom is -0.456 e. The van der Waals surface area contributed by atoms with Crippen LogP contribution < -0.4 is 10.5 Å². The summed E-state index contributed by atoms with van der Waals surface area (Å²) in [5.74, 6) is -0.735. The number of amides is 1. The second-order valence-electron chi connectivity index (χ2n) is 7.11. The van der Waals surface area contributed by atoms with E-state index in [0.29, 0.717) is 24.2 Å².